The molecular formula is C12H16N2O3S. The molecule has 98 valence electrons. The highest BCUT2D eigenvalue weighted by Gasteiger charge is 2.25. The predicted octanol–water partition coefficient (Wildman–Crippen LogP) is 0.385. The Labute approximate surface area is 107 Å². The molecule has 0 bridgehead atoms. The van der Waals surface area contributed by atoms with Crippen LogP contribution in [0.2, 0.25) is 0 Å². The molecule has 1 atom stereocenters. The van der Waals surface area contributed by atoms with Crippen molar-refractivity contribution in [3.05, 3.63) is 35.9 Å². The maximum Gasteiger partial charge on any atom is 0.250 e. The van der Waals surface area contributed by atoms with Gasteiger partial charge in [-0.1, -0.05) is 30.3 Å². The van der Waals surface area contributed by atoms with E-state index in [4.69, 9.17) is 0 Å². The number of rotatable bonds is 4. The summed E-state index contributed by atoms with van der Waals surface area (Å²) < 4.78 is 25.7. The number of hydrogen-bond acceptors (Lipinski definition) is 4. The van der Waals surface area contributed by atoms with Crippen molar-refractivity contribution in [1.82, 2.24) is 10.0 Å². The van der Waals surface area contributed by atoms with E-state index >= 15 is 0 Å². The summed E-state index contributed by atoms with van der Waals surface area (Å²) in [7, 11) is -3.61. The highest BCUT2D eigenvalue weighted by atomic mass is 32.2. The molecule has 1 aliphatic rings. The highest BCUT2D eigenvalue weighted by molar-refractivity contribution is 7.89. The fourth-order valence-corrected chi connectivity index (χ4v) is 3.11. The Balaban J connectivity index is 1.97. The molecule has 5 nitrogen and oxygen atoms in total. The first-order valence-electron chi connectivity index (χ1n) is 5.88. The summed E-state index contributed by atoms with van der Waals surface area (Å²) in [5, 5.41) is 2.97. The van der Waals surface area contributed by atoms with Crippen LogP contribution in [0.4, 0.5) is 0 Å². The Morgan fingerprint density at radius 2 is 2.06 bits per heavy atom. The molecule has 0 unspecified atom stereocenters. The molecule has 18 heavy (non-hydrogen) atoms. The molecule has 0 saturated carbocycles. The van der Waals surface area contributed by atoms with Gasteiger partial charge in [0.05, 0.1) is 11.8 Å². The second-order valence-electron chi connectivity index (χ2n) is 4.36. The zero-order valence-corrected chi connectivity index (χ0v) is 10.7. The number of carbonyl (C=O) groups excluding carboxylic acids is 1. The number of carbonyl (C=O) groups is 1. The first-order valence-corrected chi connectivity index (χ1v) is 7.54. The first-order chi connectivity index (χ1) is 8.57. The van der Waals surface area contributed by atoms with Crippen molar-refractivity contribution in [2.75, 3.05) is 6.54 Å². The van der Waals surface area contributed by atoms with Crippen LogP contribution in [0, 0.1) is 0 Å². The monoisotopic (exact) mass is 268 g/mol. The van der Waals surface area contributed by atoms with Gasteiger partial charge in [-0.25, -0.2) is 8.42 Å². The van der Waals surface area contributed by atoms with Crippen LogP contribution in [-0.4, -0.2) is 26.9 Å². The van der Waals surface area contributed by atoms with Crippen LogP contribution in [0.15, 0.2) is 30.3 Å². The fraction of sp³-hybridized carbons (Fsp3) is 0.417. The molecule has 0 aliphatic carbocycles. The minimum atomic E-state index is -3.61. The molecule has 1 aromatic rings. The molecule has 1 fully saturated rings. The van der Waals surface area contributed by atoms with Gasteiger partial charge in [0.1, 0.15) is 0 Å². The second-order valence-corrected chi connectivity index (χ2v) is 6.08. The topological polar surface area (TPSA) is 75.3 Å². The number of nitrogens with one attached hydrogen (secondary N) is 2. The average molecular weight is 268 g/mol. The molecule has 0 aromatic heterocycles. The second kappa shape index (κ2) is 5.49. The van der Waals surface area contributed by atoms with Crippen molar-refractivity contribution in [3.8, 4) is 0 Å². The molecule has 2 rings (SSSR count). The maximum atomic E-state index is 11.8. The molecule has 1 amide bonds. The van der Waals surface area contributed by atoms with E-state index in [0.29, 0.717) is 12.0 Å². The van der Waals surface area contributed by atoms with Gasteiger partial charge in [0.15, 0.2) is 0 Å². The Bertz CT molecular complexity index is 507. The quantitative estimate of drug-likeness (QED) is 0.828. The van der Waals surface area contributed by atoms with Crippen LogP contribution in [0.25, 0.3) is 0 Å². The summed E-state index contributed by atoms with van der Waals surface area (Å²) in [6, 6.07) is 8.42. The Hall–Kier alpha value is -1.40. The smallest absolute Gasteiger partial charge is 0.250 e. The van der Waals surface area contributed by atoms with Crippen LogP contribution >= 0.6 is 0 Å². The number of sulfonamides is 1. The van der Waals surface area contributed by atoms with E-state index in [1.807, 2.05) is 6.07 Å². The first kappa shape index (κ1) is 13.0. The SMILES string of the molecule is O=C(NS(=O)(=O)Cc1ccccc1)[C@H]1CCCN1. The lowest BCUT2D eigenvalue weighted by Gasteiger charge is -2.11. The molecule has 0 radical (unpaired) electrons. The van der Waals surface area contributed by atoms with Gasteiger partial charge < -0.3 is 5.32 Å². The van der Waals surface area contributed by atoms with Gasteiger partial charge in [0.2, 0.25) is 10.0 Å². The van der Waals surface area contributed by atoms with E-state index in [1.54, 1.807) is 24.3 Å². The summed E-state index contributed by atoms with van der Waals surface area (Å²) in [5.74, 6) is -0.629. The van der Waals surface area contributed by atoms with Crippen molar-refractivity contribution in [1.29, 1.82) is 0 Å². The molecule has 1 heterocycles. The third kappa shape index (κ3) is 3.54. The summed E-state index contributed by atoms with van der Waals surface area (Å²) >= 11 is 0. The predicted molar refractivity (Wildman–Crippen MR) is 68.2 cm³/mol. The van der Waals surface area contributed by atoms with Crippen LogP contribution in [0.5, 0.6) is 0 Å². The number of hydrogen-bond donors (Lipinski definition) is 2. The van der Waals surface area contributed by atoms with Gasteiger partial charge in [-0.05, 0) is 24.9 Å². The fourth-order valence-electron chi connectivity index (χ4n) is 1.96. The minimum Gasteiger partial charge on any atom is -0.306 e. The van der Waals surface area contributed by atoms with Crippen molar-refractivity contribution in [3.63, 3.8) is 0 Å². The van der Waals surface area contributed by atoms with Crippen LogP contribution < -0.4 is 10.0 Å². The molecule has 1 aliphatic heterocycles. The van der Waals surface area contributed by atoms with Crippen LogP contribution in [0.3, 0.4) is 0 Å². The summed E-state index contributed by atoms with van der Waals surface area (Å²) in [4.78, 5) is 11.7. The van der Waals surface area contributed by atoms with Gasteiger partial charge in [-0.15, -0.1) is 0 Å². The van der Waals surface area contributed by atoms with Gasteiger partial charge in [-0.2, -0.15) is 0 Å². The standard InChI is InChI=1S/C12H16N2O3S/c15-12(11-7-4-8-13-11)14-18(16,17)9-10-5-2-1-3-6-10/h1-3,5-6,11,13H,4,7-9H2,(H,14,15)/t11-/m1/s1. The zero-order chi connectivity index (χ0) is 13.0. The van der Waals surface area contributed by atoms with Gasteiger partial charge in [0, 0.05) is 0 Å². The molecular weight excluding hydrogens is 252 g/mol. The van der Waals surface area contributed by atoms with Crippen LogP contribution in [-0.2, 0) is 20.6 Å². The van der Waals surface area contributed by atoms with E-state index in [2.05, 4.69) is 10.0 Å². The van der Waals surface area contributed by atoms with Crippen molar-refractivity contribution in [2.45, 2.75) is 24.6 Å². The summed E-state index contributed by atoms with van der Waals surface area (Å²) in [6.07, 6.45) is 1.59. The summed E-state index contributed by atoms with van der Waals surface area (Å²) in [5.41, 5.74) is 0.664. The normalized spacial score (nSPS) is 19.7. The van der Waals surface area contributed by atoms with E-state index in [1.165, 1.54) is 0 Å². The molecule has 0 spiro atoms. The van der Waals surface area contributed by atoms with Crippen LogP contribution in [0.1, 0.15) is 18.4 Å². The Morgan fingerprint density at radius 3 is 2.67 bits per heavy atom. The van der Waals surface area contributed by atoms with E-state index < -0.39 is 15.9 Å². The molecule has 2 N–H and O–H groups in total. The lowest BCUT2D eigenvalue weighted by atomic mass is 10.2. The third-order valence-corrected chi connectivity index (χ3v) is 4.06. The molecule has 1 saturated heterocycles. The van der Waals surface area contributed by atoms with E-state index in [9.17, 15) is 13.2 Å². The Morgan fingerprint density at radius 1 is 1.33 bits per heavy atom. The maximum absolute atomic E-state index is 11.8. The van der Waals surface area contributed by atoms with Gasteiger partial charge in [0.25, 0.3) is 5.91 Å². The number of benzene rings is 1. The van der Waals surface area contributed by atoms with Crippen molar-refractivity contribution >= 4 is 15.9 Å². The highest BCUT2D eigenvalue weighted by Crippen LogP contribution is 2.07. The lowest BCUT2D eigenvalue weighted by molar-refractivity contribution is -0.121. The van der Waals surface area contributed by atoms with Crippen molar-refractivity contribution < 1.29 is 13.2 Å². The third-order valence-electron chi connectivity index (χ3n) is 2.83. The van der Waals surface area contributed by atoms with Crippen molar-refractivity contribution in [2.24, 2.45) is 0 Å². The number of amides is 1. The molecule has 6 heteroatoms. The minimum absolute atomic E-state index is 0.174. The van der Waals surface area contributed by atoms with Gasteiger partial charge in [-0.3, -0.25) is 9.52 Å². The van der Waals surface area contributed by atoms with E-state index in [-0.39, 0.29) is 11.8 Å². The lowest BCUT2D eigenvalue weighted by Crippen LogP contribution is -2.43. The Kier molecular flexibility index (Phi) is 3.98. The zero-order valence-electron chi connectivity index (χ0n) is 9.93. The largest absolute Gasteiger partial charge is 0.306 e. The summed E-state index contributed by atoms with van der Waals surface area (Å²) in [6.45, 7) is 0.761. The van der Waals surface area contributed by atoms with E-state index in [0.717, 1.165) is 13.0 Å². The molecule has 1 aromatic carbocycles. The average Bonchev–Trinajstić information content (AvgIpc) is 2.82. The van der Waals surface area contributed by atoms with Gasteiger partial charge >= 0.3 is 0 Å².